The van der Waals surface area contributed by atoms with Gasteiger partial charge in [0.2, 0.25) is 0 Å². The Morgan fingerprint density at radius 2 is 0.764 bits per heavy atom. The van der Waals surface area contributed by atoms with Gasteiger partial charge in [0.05, 0.1) is 146 Å². The van der Waals surface area contributed by atoms with E-state index in [2.05, 4.69) is 71.7 Å². The molecule has 1 aliphatic heterocycles. The molecule has 1 aromatic carbocycles. The number of nitrogens with zero attached hydrogens (tertiary/aromatic N) is 20. The molecule has 6 aliphatic rings. The number of imidazole rings is 5. The third-order valence-electron chi connectivity index (χ3n) is 28.4. The van der Waals surface area contributed by atoms with E-state index in [1.165, 1.54) is 62.8 Å². The Morgan fingerprint density at radius 1 is 0.439 bits per heavy atom. The molecule has 17 rings (SSSR count). The molecule has 11 heterocycles. The van der Waals surface area contributed by atoms with Crippen molar-refractivity contribution in [2.24, 2.45) is 41.2 Å². The topological polar surface area (TPSA) is 425 Å². The number of non-ortho nitro benzene ring substituents is 1. The number of benzene rings is 1. The molecule has 5 saturated carbocycles. The first-order valence-corrected chi connectivity index (χ1v) is 51.9. The average Bonchev–Trinajstić information content (AvgIpc) is 1.61. The summed E-state index contributed by atoms with van der Waals surface area (Å²) in [6, 6.07) is 24.8. The van der Waals surface area contributed by atoms with Crippen LogP contribution in [0, 0.1) is 50.7 Å². The molecule has 1 N–H and O–H groups in total. The Hall–Kier alpha value is -13.2. The quantitative estimate of drug-likeness (QED) is 0.0131. The number of hydrogen-bond acceptors (Lipinski definition) is 29. The van der Waals surface area contributed by atoms with Crippen molar-refractivity contribution >= 4 is 86.6 Å². The molecule has 0 unspecified atom stereocenters. The molecule has 1 saturated heterocycles. The highest BCUT2D eigenvalue weighted by Gasteiger charge is 2.52. The molecular weight excluding hydrogens is 2030 g/mol. The number of ether oxygens (including phenoxy) is 8. The van der Waals surface area contributed by atoms with Crippen molar-refractivity contribution in [1.29, 1.82) is 0 Å². The van der Waals surface area contributed by atoms with Crippen molar-refractivity contribution in [2.45, 2.75) is 285 Å². The Morgan fingerprint density at radius 3 is 1.09 bits per heavy atom. The van der Waals surface area contributed by atoms with Gasteiger partial charge < -0.3 is 94.7 Å². The van der Waals surface area contributed by atoms with Crippen molar-refractivity contribution in [3.63, 3.8) is 0 Å². The molecule has 39 nitrogen and oxygen atoms in total. The van der Waals surface area contributed by atoms with Crippen LogP contribution < -0.4 is 14.9 Å². The van der Waals surface area contributed by atoms with Crippen LogP contribution in [0.25, 0.3) is 56.9 Å². The zero-order valence-corrected chi connectivity index (χ0v) is 91.4. The number of aromatic hydroxyl groups is 1. The molecule has 0 spiro atoms. The van der Waals surface area contributed by atoms with Crippen molar-refractivity contribution < 1.29 is 86.0 Å². The fourth-order valence-electron chi connectivity index (χ4n) is 18.5. The standard InChI is InChI=1S/C28H40N4O5.C24H35BN4O4.C18H15BrN4O5.C18H23BrN4O2.C18H24N4O3/c1-18(2)36-27(33)20-9-8-12-22(15-20)37-25-14-13-23(30-19(25)3)26-24(31(4)17-29-26)16-35-28(34)32(5)21-10-6-7-11-21;1-16-18(25-32-23(2,3)24(4,5)33-25)12-13-19(27-16)21-20(28(6)15-26-21)14-31-22(30)29(7)17-10-8-9-11-17;1-11-14(19)7-8-15(21-11)17-16(22(2)10-20-17)9-27-18(24)28-13-5-3-12(4-6-13)23(25)26;1-12-14(19)8-9-15(21-12)17-16(22(2)11-20-17)10-25-18(24)23(3)13-6-4-5-7-13;1-12-16(23)9-8-14(20-12)17-15(21(2)11-19-17)10-25-18(24)22(3)13-6-4-5-7-13/h13-14,17-18,20-22H,6-12,15-16H2,1-5H3;12-13,15,17H,8-11,14H2,1-7H3;3-8,10H,9H2,1-2H3;8-9,11,13H,4-7,10H2,1-3H3;8-9,11,13,23H,4-7,10H2,1-3H3/t20-,22-;;;;/m0..../s1. The van der Waals surface area contributed by atoms with Gasteiger partial charge in [0.25, 0.3) is 5.69 Å². The molecule has 11 aromatic rings. The lowest BCUT2D eigenvalue weighted by Gasteiger charge is -2.32. The smallest absolute Gasteiger partial charge is 0.506 e. The van der Waals surface area contributed by atoms with E-state index < -0.39 is 29.4 Å². The first kappa shape index (κ1) is 112. The van der Waals surface area contributed by atoms with Gasteiger partial charge in [-0.3, -0.25) is 29.9 Å². The summed E-state index contributed by atoms with van der Waals surface area (Å²) >= 11 is 6.87. The normalized spacial score (nSPS) is 16.4. The van der Waals surface area contributed by atoms with Gasteiger partial charge >= 0.3 is 43.6 Å². The number of rotatable bonds is 26. The molecule has 0 bridgehead atoms. The number of aromatic nitrogens is 15. The molecular formula is C106H137BBr2N20O19. The van der Waals surface area contributed by atoms with Crippen molar-refractivity contribution in [1.82, 2.24) is 92.3 Å². The minimum atomic E-state index is -0.930. The zero-order valence-electron chi connectivity index (χ0n) is 88.3. The largest absolute Gasteiger partial charge is 0.514 e. The van der Waals surface area contributed by atoms with Gasteiger partial charge in [-0.1, -0.05) is 57.4 Å². The molecule has 792 valence electrons. The number of amides is 4. The molecule has 4 amide bonds. The molecule has 5 aliphatic carbocycles. The van der Waals surface area contributed by atoms with Crippen molar-refractivity contribution in [3.05, 3.63) is 193 Å². The highest BCUT2D eigenvalue weighted by Crippen LogP contribution is 2.40. The summed E-state index contributed by atoms with van der Waals surface area (Å²) in [5.74, 6) is 0.733. The van der Waals surface area contributed by atoms with Crippen LogP contribution in [0.3, 0.4) is 0 Å². The van der Waals surface area contributed by atoms with Crippen molar-refractivity contribution in [3.8, 4) is 74.2 Å². The summed E-state index contributed by atoms with van der Waals surface area (Å²) in [6.07, 6.45) is 27.2. The number of hydrogen-bond donors (Lipinski definition) is 1. The number of halogens is 2. The van der Waals surface area contributed by atoms with Gasteiger partial charge in [0.15, 0.2) is 0 Å². The van der Waals surface area contributed by atoms with Gasteiger partial charge in [-0.15, -0.1) is 0 Å². The Kier molecular flexibility index (Phi) is 38.3. The van der Waals surface area contributed by atoms with Crippen LogP contribution in [0.2, 0.25) is 0 Å². The second kappa shape index (κ2) is 50.7. The van der Waals surface area contributed by atoms with Gasteiger partial charge in [-0.25, -0.2) is 58.9 Å². The number of nitro benzene ring substituents is 1. The van der Waals surface area contributed by atoms with Crippen LogP contribution in [-0.2, 0) is 111 Å². The summed E-state index contributed by atoms with van der Waals surface area (Å²) in [4.78, 5) is 136. The van der Waals surface area contributed by atoms with E-state index in [1.54, 1.807) is 89.0 Å². The predicted octanol–water partition coefficient (Wildman–Crippen LogP) is 20.0. The first-order valence-electron chi connectivity index (χ1n) is 50.3. The number of pyridine rings is 5. The van der Waals surface area contributed by atoms with E-state index in [0.717, 1.165) is 161 Å². The van der Waals surface area contributed by atoms with E-state index in [4.69, 9.17) is 57.2 Å². The van der Waals surface area contributed by atoms with E-state index in [1.807, 2.05) is 185 Å². The Balaban J connectivity index is 0.000000156. The Bertz CT molecular complexity index is 6310. The van der Waals surface area contributed by atoms with Crippen LogP contribution >= 0.6 is 31.9 Å². The van der Waals surface area contributed by atoms with Gasteiger partial charge in [-0.2, -0.15) is 0 Å². The van der Waals surface area contributed by atoms with Crippen LogP contribution in [0.1, 0.15) is 227 Å². The van der Waals surface area contributed by atoms with E-state index in [0.29, 0.717) is 69.5 Å². The molecule has 6 fully saturated rings. The number of aryl methyl sites for hydroxylation is 10. The maximum Gasteiger partial charge on any atom is 0.514 e. The predicted molar refractivity (Wildman–Crippen MR) is 561 cm³/mol. The summed E-state index contributed by atoms with van der Waals surface area (Å²) in [7, 11) is 16.1. The van der Waals surface area contributed by atoms with Crippen molar-refractivity contribution in [2.75, 3.05) is 28.2 Å². The molecule has 42 heteroatoms. The fraction of sp³-hybridized carbons (Fsp3) is 0.509. The number of nitro groups is 1. The van der Waals surface area contributed by atoms with Gasteiger partial charge in [-0.05, 0) is 252 Å². The Labute approximate surface area is 880 Å². The van der Waals surface area contributed by atoms with Crippen LogP contribution in [0.5, 0.6) is 17.2 Å². The maximum atomic E-state index is 12.6. The molecule has 2 atom stereocenters. The lowest BCUT2D eigenvalue weighted by Crippen LogP contribution is -2.41. The van der Waals surface area contributed by atoms with E-state index in [9.17, 15) is 44.0 Å². The molecule has 10 aromatic heterocycles. The summed E-state index contributed by atoms with van der Waals surface area (Å²) < 4.78 is 67.6. The first-order chi connectivity index (χ1) is 70.5. The molecule has 148 heavy (non-hydrogen) atoms. The third kappa shape index (κ3) is 28.4. The zero-order chi connectivity index (χ0) is 107. The number of carbonyl (C=O) groups is 6. The van der Waals surface area contributed by atoms with E-state index in [-0.39, 0.29) is 117 Å². The highest BCUT2D eigenvalue weighted by molar-refractivity contribution is 9.10. The minimum absolute atomic E-state index is 0.0495. The second-order valence-corrected chi connectivity index (χ2v) is 41.4. The second-order valence-electron chi connectivity index (χ2n) is 39.7. The third-order valence-corrected chi connectivity index (χ3v) is 30.1. The van der Waals surface area contributed by atoms with Crippen LogP contribution in [-0.4, -0.2) is 222 Å². The number of esters is 1. The fourth-order valence-corrected chi connectivity index (χ4v) is 19.0. The average molecular weight is 2170 g/mol. The molecule has 0 radical (unpaired) electrons. The minimum Gasteiger partial charge on any atom is -0.506 e. The summed E-state index contributed by atoms with van der Waals surface area (Å²) in [5.41, 5.74) is 14.5. The van der Waals surface area contributed by atoms with E-state index >= 15 is 0 Å². The van der Waals surface area contributed by atoms with Crippen LogP contribution in [0.15, 0.2) is 126 Å². The SMILES string of the molecule is Cc1nc(-c2ncn(C)c2COC(=O)N(C)C2CCCC2)ccc1B1OC(C)(C)C(C)(C)O1.Cc1nc(-c2ncn(C)c2COC(=O)N(C)C2CCCC2)ccc1Br.Cc1nc(-c2ncn(C)c2COC(=O)N(C)C2CCCC2)ccc1O.Cc1nc(-c2ncn(C)c2COC(=O)N(C)C2CCCC2)ccc1O[C@H]1CCC[C@H](C(=O)OC(C)C)C1.Cc1nc(-c2ncn(C)c2COC(=O)Oc2ccc([N+](=O)[O-])cc2)ccc1Br. The number of carbonyl (C=O) groups excluding carboxylic acids is 6. The lowest BCUT2D eigenvalue weighted by atomic mass is 9.78. The highest BCUT2D eigenvalue weighted by atomic mass is 79.9. The summed E-state index contributed by atoms with van der Waals surface area (Å²) in [6.45, 7) is 21.8. The van der Waals surface area contributed by atoms with Gasteiger partial charge in [0.1, 0.15) is 78.8 Å². The summed E-state index contributed by atoms with van der Waals surface area (Å²) in [5, 5.41) is 20.3. The lowest BCUT2D eigenvalue weighted by molar-refractivity contribution is -0.384. The maximum absolute atomic E-state index is 12.6. The van der Waals surface area contributed by atoms with Gasteiger partial charge in [0, 0.05) is 120 Å². The van der Waals surface area contributed by atoms with Crippen LogP contribution in [0.4, 0.5) is 29.7 Å². The monoisotopic (exact) mass is 2160 g/mol.